The fourth-order valence-electron chi connectivity index (χ4n) is 1.98. The van der Waals surface area contributed by atoms with Crippen molar-refractivity contribution in [2.24, 2.45) is 5.10 Å². The molecular weight excluding hydrogens is 306 g/mol. The first-order valence-corrected chi connectivity index (χ1v) is 8.80. The van der Waals surface area contributed by atoms with Gasteiger partial charge in [-0.15, -0.1) is 0 Å². The first-order chi connectivity index (χ1) is 10.1. The molecule has 0 bridgehead atoms. The summed E-state index contributed by atoms with van der Waals surface area (Å²) in [6.45, 7) is 0. The minimum absolute atomic E-state index is 0.120. The van der Waals surface area contributed by atoms with Crippen LogP contribution in [0.1, 0.15) is 12.0 Å². The number of sulfone groups is 1. The molecule has 1 atom stereocenters. The molecule has 1 aliphatic rings. The maximum atomic E-state index is 11.3. The Balaban J connectivity index is 1.72. The first kappa shape index (κ1) is 15.7. The van der Waals surface area contributed by atoms with E-state index in [0.29, 0.717) is 11.5 Å². The van der Waals surface area contributed by atoms with Gasteiger partial charge >= 0.3 is 0 Å². The highest BCUT2D eigenvalue weighted by Gasteiger charge is 2.27. The monoisotopic (exact) mass is 323 g/mol. The molecule has 0 unspecified atom stereocenters. The van der Waals surface area contributed by atoms with E-state index in [-0.39, 0.29) is 17.5 Å². The number of hydrogen-bond acceptors (Lipinski definition) is 4. The van der Waals surface area contributed by atoms with E-state index in [0.717, 1.165) is 5.56 Å². The van der Waals surface area contributed by atoms with Gasteiger partial charge in [0.25, 0.3) is 0 Å². The van der Waals surface area contributed by atoms with Crippen molar-refractivity contribution >= 4 is 39.5 Å². The zero-order valence-corrected chi connectivity index (χ0v) is 13.0. The predicted octanol–water partition coefficient (Wildman–Crippen LogP) is 1.34. The van der Waals surface area contributed by atoms with Crippen molar-refractivity contribution in [1.29, 1.82) is 0 Å². The standard InChI is InChI=1S/C14H17N3O2S2/c18-21(19)10-8-13(11-21)16-14(20)17-15-9-4-7-12-5-2-1-3-6-12/h1-7,9,13H,8,10-11H2,(H2,16,17,20)/b7-4+,15-9-/t13-/m1/s1. The average Bonchev–Trinajstić information content (AvgIpc) is 2.78. The van der Waals surface area contributed by atoms with Crippen LogP contribution < -0.4 is 10.7 Å². The fourth-order valence-corrected chi connectivity index (χ4v) is 3.88. The summed E-state index contributed by atoms with van der Waals surface area (Å²) in [5.41, 5.74) is 3.75. The topological polar surface area (TPSA) is 70.6 Å². The van der Waals surface area contributed by atoms with Gasteiger partial charge in [-0.2, -0.15) is 5.10 Å². The van der Waals surface area contributed by atoms with E-state index in [4.69, 9.17) is 12.2 Å². The number of benzene rings is 1. The van der Waals surface area contributed by atoms with Crippen molar-refractivity contribution in [3.63, 3.8) is 0 Å². The lowest BCUT2D eigenvalue weighted by Gasteiger charge is -2.11. The van der Waals surface area contributed by atoms with Crippen LogP contribution in [0.25, 0.3) is 6.08 Å². The van der Waals surface area contributed by atoms with E-state index in [1.54, 1.807) is 12.3 Å². The summed E-state index contributed by atoms with van der Waals surface area (Å²) >= 11 is 5.05. The number of hydrogen-bond donors (Lipinski definition) is 2. The molecule has 0 spiro atoms. The Hall–Kier alpha value is -1.73. The van der Waals surface area contributed by atoms with E-state index in [9.17, 15) is 8.42 Å². The third kappa shape index (κ3) is 5.65. The molecule has 1 aromatic rings. The van der Waals surface area contributed by atoms with Crippen molar-refractivity contribution < 1.29 is 8.42 Å². The molecule has 21 heavy (non-hydrogen) atoms. The van der Waals surface area contributed by atoms with Crippen LogP contribution in [0.3, 0.4) is 0 Å². The minimum atomic E-state index is -2.90. The molecule has 1 saturated heterocycles. The Morgan fingerprint density at radius 3 is 2.76 bits per heavy atom. The second-order valence-corrected chi connectivity index (χ2v) is 7.37. The number of thiocarbonyl (C=S) groups is 1. The molecule has 7 heteroatoms. The summed E-state index contributed by atoms with van der Waals surface area (Å²) in [7, 11) is -2.90. The molecule has 1 aromatic carbocycles. The lowest BCUT2D eigenvalue weighted by Crippen LogP contribution is -2.40. The molecule has 0 saturated carbocycles. The Morgan fingerprint density at radius 1 is 1.33 bits per heavy atom. The molecule has 0 aliphatic carbocycles. The molecule has 5 nitrogen and oxygen atoms in total. The molecule has 0 amide bonds. The summed E-state index contributed by atoms with van der Waals surface area (Å²) in [6.07, 6.45) is 5.89. The normalized spacial score (nSPS) is 20.9. The largest absolute Gasteiger partial charge is 0.358 e. The summed E-state index contributed by atoms with van der Waals surface area (Å²) in [5, 5.41) is 7.23. The first-order valence-electron chi connectivity index (χ1n) is 6.57. The Kier molecular flexibility index (Phi) is 5.46. The molecule has 0 aromatic heterocycles. The van der Waals surface area contributed by atoms with E-state index in [1.807, 2.05) is 36.4 Å². The predicted molar refractivity (Wildman–Crippen MR) is 89.9 cm³/mol. The van der Waals surface area contributed by atoms with Gasteiger partial charge in [0, 0.05) is 12.3 Å². The average molecular weight is 323 g/mol. The lowest BCUT2D eigenvalue weighted by molar-refractivity contribution is 0.600. The van der Waals surface area contributed by atoms with Crippen LogP contribution in [0.2, 0.25) is 0 Å². The summed E-state index contributed by atoms with van der Waals surface area (Å²) in [6, 6.07) is 9.74. The highest BCUT2D eigenvalue weighted by Crippen LogP contribution is 2.10. The van der Waals surface area contributed by atoms with Crippen molar-refractivity contribution in [3.05, 3.63) is 42.0 Å². The van der Waals surface area contributed by atoms with Crippen LogP contribution in [0.4, 0.5) is 0 Å². The molecule has 1 fully saturated rings. The number of allylic oxidation sites excluding steroid dienone is 1. The number of nitrogens with one attached hydrogen (secondary N) is 2. The molecule has 2 N–H and O–H groups in total. The zero-order chi connectivity index (χ0) is 15.1. The van der Waals surface area contributed by atoms with Gasteiger partial charge in [-0.3, -0.25) is 5.43 Å². The van der Waals surface area contributed by atoms with E-state index in [2.05, 4.69) is 15.8 Å². The van der Waals surface area contributed by atoms with Gasteiger partial charge in [-0.1, -0.05) is 36.4 Å². The second kappa shape index (κ2) is 7.33. The van der Waals surface area contributed by atoms with Crippen molar-refractivity contribution in [2.45, 2.75) is 12.5 Å². The van der Waals surface area contributed by atoms with Gasteiger partial charge < -0.3 is 5.32 Å². The molecule has 0 radical (unpaired) electrons. The lowest BCUT2D eigenvalue weighted by atomic mass is 10.2. The SMILES string of the molecule is O=S1(=O)CC[C@@H](NC(=S)N/N=C\C=C\c2ccccc2)C1. The van der Waals surface area contributed by atoms with Crippen LogP contribution in [-0.4, -0.2) is 37.3 Å². The van der Waals surface area contributed by atoms with Gasteiger partial charge in [0.2, 0.25) is 0 Å². The smallest absolute Gasteiger partial charge is 0.187 e. The molecule has 1 heterocycles. The van der Waals surface area contributed by atoms with Gasteiger partial charge in [0.05, 0.1) is 11.5 Å². The maximum Gasteiger partial charge on any atom is 0.187 e. The number of hydrazone groups is 1. The summed E-state index contributed by atoms with van der Waals surface area (Å²) < 4.78 is 22.6. The highest BCUT2D eigenvalue weighted by molar-refractivity contribution is 7.91. The van der Waals surface area contributed by atoms with E-state index in [1.165, 1.54) is 0 Å². The van der Waals surface area contributed by atoms with E-state index >= 15 is 0 Å². The zero-order valence-electron chi connectivity index (χ0n) is 11.4. The van der Waals surface area contributed by atoms with Gasteiger partial charge in [-0.25, -0.2) is 8.42 Å². The summed E-state index contributed by atoms with van der Waals surface area (Å²) in [4.78, 5) is 0. The second-order valence-electron chi connectivity index (χ2n) is 4.73. The minimum Gasteiger partial charge on any atom is -0.358 e. The Bertz CT molecular complexity index is 639. The fraction of sp³-hybridized carbons (Fsp3) is 0.286. The van der Waals surface area contributed by atoms with Crippen molar-refractivity contribution in [1.82, 2.24) is 10.7 Å². The van der Waals surface area contributed by atoms with Crippen LogP contribution in [0, 0.1) is 0 Å². The Labute approximate surface area is 130 Å². The van der Waals surface area contributed by atoms with Gasteiger partial charge in [0.15, 0.2) is 14.9 Å². The van der Waals surface area contributed by atoms with Crippen LogP contribution in [0.15, 0.2) is 41.5 Å². The van der Waals surface area contributed by atoms with Crippen molar-refractivity contribution in [3.8, 4) is 0 Å². The molecular formula is C14H17N3O2S2. The molecule has 112 valence electrons. The van der Waals surface area contributed by atoms with Crippen LogP contribution >= 0.6 is 12.2 Å². The summed E-state index contributed by atoms with van der Waals surface area (Å²) in [5.74, 6) is 0.350. The third-order valence-corrected chi connectivity index (χ3v) is 4.96. The maximum absolute atomic E-state index is 11.3. The van der Waals surface area contributed by atoms with Gasteiger partial charge in [-0.05, 0) is 30.3 Å². The highest BCUT2D eigenvalue weighted by atomic mass is 32.2. The van der Waals surface area contributed by atoms with Crippen molar-refractivity contribution in [2.75, 3.05) is 11.5 Å². The van der Waals surface area contributed by atoms with Crippen LogP contribution in [-0.2, 0) is 9.84 Å². The number of rotatable bonds is 4. The Morgan fingerprint density at radius 2 is 2.10 bits per heavy atom. The van der Waals surface area contributed by atoms with E-state index < -0.39 is 9.84 Å². The van der Waals surface area contributed by atoms with Gasteiger partial charge in [0.1, 0.15) is 0 Å². The molecule has 2 rings (SSSR count). The third-order valence-electron chi connectivity index (χ3n) is 2.98. The van der Waals surface area contributed by atoms with Crippen LogP contribution in [0.5, 0.6) is 0 Å². The number of nitrogens with zero attached hydrogens (tertiary/aromatic N) is 1. The quantitative estimate of drug-likeness (QED) is 0.497. The molecule has 1 aliphatic heterocycles.